The number of thiophene rings is 1. The zero-order valence-corrected chi connectivity index (χ0v) is 22.7. The summed E-state index contributed by atoms with van der Waals surface area (Å²) >= 11 is 0.852. The van der Waals surface area contributed by atoms with E-state index in [9.17, 15) is 27.6 Å². The Morgan fingerprint density at radius 3 is 2.33 bits per heavy atom. The topological polar surface area (TPSA) is 106 Å². The second-order valence-electron chi connectivity index (χ2n) is 9.03. The normalized spacial score (nSPS) is 11.5. The van der Waals surface area contributed by atoms with Gasteiger partial charge in [-0.05, 0) is 49.6 Å². The molecule has 3 heterocycles. The number of nitrogens with one attached hydrogen (secondary N) is 1. The summed E-state index contributed by atoms with van der Waals surface area (Å²) in [6.07, 6.45) is -4.79. The summed E-state index contributed by atoms with van der Waals surface area (Å²) in [5.74, 6) is -2.07. The van der Waals surface area contributed by atoms with Crippen LogP contribution < -0.4 is 5.32 Å². The van der Waals surface area contributed by atoms with Gasteiger partial charge in [-0.1, -0.05) is 12.1 Å². The third kappa shape index (κ3) is 5.21. The molecular formula is C26H24F3N5O4S. The Balaban J connectivity index is 1.79. The number of methoxy groups -OCH3 is 1. The van der Waals surface area contributed by atoms with Gasteiger partial charge in [0, 0.05) is 25.7 Å². The van der Waals surface area contributed by atoms with Crippen LogP contribution in [-0.2, 0) is 10.9 Å². The van der Waals surface area contributed by atoms with Crippen LogP contribution in [0, 0.1) is 20.8 Å². The van der Waals surface area contributed by atoms with Crippen molar-refractivity contribution in [3.8, 4) is 11.3 Å². The molecule has 0 aliphatic carbocycles. The minimum atomic E-state index is -4.79. The Hall–Kier alpha value is -4.26. The number of hydrogen-bond acceptors (Lipinski definition) is 7. The molecule has 3 aromatic heterocycles. The number of anilines is 1. The number of aryl methyl sites for hydroxylation is 2. The van der Waals surface area contributed by atoms with E-state index >= 15 is 0 Å². The van der Waals surface area contributed by atoms with Gasteiger partial charge in [-0.15, -0.1) is 11.3 Å². The largest absolute Gasteiger partial charge is 0.465 e. The number of alkyl halides is 3. The number of fused-ring (bicyclic) bond motifs is 1. The van der Waals surface area contributed by atoms with Crippen LogP contribution in [0.15, 0.2) is 30.3 Å². The maximum atomic E-state index is 14.0. The Labute approximate surface area is 225 Å². The molecule has 4 rings (SSSR count). The maximum Gasteiger partial charge on any atom is 0.433 e. The van der Waals surface area contributed by atoms with Crippen LogP contribution in [0.2, 0.25) is 0 Å². The molecule has 0 radical (unpaired) electrons. The van der Waals surface area contributed by atoms with Gasteiger partial charge in [0.25, 0.3) is 11.8 Å². The van der Waals surface area contributed by atoms with Crippen molar-refractivity contribution < 1.29 is 32.3 Å². The molecular weight excluding hydrogens is 535 g/mol. The maximum absolute atomic E-state index is 14.0. The number of nitrogens with zero attached hydrogens (tertiary/aromatic N) is 4. The highest BCUT2D eigenvalue weighted by Crippen LogP contribution is 2.35. The predicted molar refractivity (Wildman–Crippen MR) is 139 cm³/mol. The van der Waals surface area contributed by atoms with Gasteiger partial charge in [0.15, 0.2) is 17.0 Å². The molecule has 0 fully saturated rings. The lowest BCUT2D eigenvalue weighted by Crippen LogP contribution is -2.21. The van der Waals surface area contributed by atoms with E-state index in [0.29, 0.717) is 15.6 Å². The molecule has 0 bridgehead atoms. The van der Waals surface area contributed by atoms with Gasteiger partial charge in [-0.25, -0.2) is 14.3 Å². The number of halogens is 3. The van der Waals surface area contributed by atoms with Gasteiger partial charge in [-0.2, -0.15) is 18.3 Å². The van der Waals surface area contributed by atoms with Crippen molar-refractivity contribution in [1.82, 2.24) is 19.5 Å². The molecule has 0 aliphatic rings. The van der Waals surface area contributed by atoms with Crippen LogP contribution in [0.5, 0.6) is 0 Å². The molecule has 0 aliphatic heterocycles. The zero-order chi connectivity index (χ0) is 28.8. The lowest BCUT2D eigenvalue weighted by molar-refractivity contribution is -0.142. The quantitative estimate of drug-likeness (QED) is 0.340. The summed E-state index contributed by atoms with van der Waals surface area (Å²) in [6, 6.07) is 7.20. The molecule has 204 valence electrons. The van der Waals surface area contributed by atoms with Crippen LogP contribution in [-0.4, -0.2) is 58.5 Å². The molecule has 1 N–H and O–H groups in total. The molecule has 39 heavy (non-hydrogen) atoms. The first-order valence-electron chi connectivity index (χ1n) is 11.5. The second kappa shape index (κ2) is 10.1. The van der Waals surface area contributed by atoms with Gasteiger partial charge >= 0.3 is 12.1 Å². The standard InChI is InChI=1S/C26H24F3N5O4S/c1-12-7-8-15(9-13(12)2)16-10-18(26(27,28)29)34-19(30-16)11-17(32-34)22(35)31-23-20(25(37)38-6)14(3)21(39-23)24(36)33(4)5/h7-11H,1-6H3,(H,31,35). The Bertz CT molecular complexity index is 1640. The zero-order valence-electron chi connectivity index (χ0n) is 21.9. The second-order valence-corrected chi connectivity index (χ2v) is 10.0. The van der Waals surface area contributed by atoms with Crippen LogP contribution in [0.4, 0.5) is 18.2 Å². The van der Waals surface area contributed by atoms with Crippen molar-refractivity contribution in [3.63, 3.8) is 0 Å². The van der Waals surface area contributed by atoms with Gasteiger partial charge in [0.05, 0.1) is 23.2 Å². The molecule has 0 spiro atoms. The summed E-state index contributed by atoms with van der Waals surface area (Å²) in [7, 11) is 4.22. The van der Waals surface area contributed by atoms with Crippen LogP contribution in [0.3, 0.4) is 0 Å². The smallest absolute Gasteiger partial charge is 0.433 e. The average molecular weight is 560 g/mol. The van der Waals surface area contributed by atoms with Crippen LogP contribution in [0.25, 0.3) is 16.9 Å². The molecule has 0 unspecified atom stereocenters. The molecule has 13 heteroatoms. The van der Waals surface area contributed by atoms with Crippen molar-refractivity contribution in [2.75, 3.05) is 26.5 Å². The molecule has 0 atom stereocenters. The van der Waals surface area contributed by atoms with E-state index in [1.54, 1.807) is 18.2 Å². The van der Waals surface area contributed by atoms with E-state index in [-0.39, 0.29) is 32.5 Å². The van der Waals surface area contributed by atoms with E-state index in [1.807, 2.05) is 13.8 Å². The van der Waals surface area contributed by atoms with Crippen molar-refractivity contribution in [3.05, 3.63) is 68.9 Å². The van der Waals surface area contributed by atoms with Crippen molar-refractivity contribution in [2.24, 2.45) is 0 Å². The highest BCUT2D eigenvalue weighted by molar-refractivity contribution is 7.18. The van der Waals surface area contributed by atoms with Crippen LogP contribution in [0.1, 0.15) is 52.9 Å². The third-order valence-electron chi connectivity index (χ3n) is 6.12. The lowest BCUT2D eigenvalue weighted by Gasteiger charge is -2.11. The fourth-order valence-corrected chi connectivity index (χ4v) is 5.07. The Morgan fingerprint density at radius 2 is 1.74 bits per heavy atom. The summed E-state index contributed by atoms with van der Waals surface area (Å²) in [5.41, 5.74) is 1.01. The van der Waals surface area contributed by atoms with Crippen molar-refractivity contribution >= 4 is 39.8 Å². The number of carbonyl (C=O) groups is 3. The predicted octanol–water partition coefficient (Wildman–Crippen LogP) is 5.14. The monoisotopic (exact) mass is 559 g/mol. The molecule has 1 aromatic carbocycles. The first kappa shape index (κ1) is 27.8. The van der Waals surface area contributed by atoms with Gasteiger partial charge in [-0.3, -0.25) is 9.59 Å². The third-order valence-corrected chi connectivity index (χ3v) is 7.31. The van der Waals surface area contributed by atoms with E-state index < -0.39 is 29.7 Å². The molecule has 0 saturated carbocycles. The minimum Gasteiger partial charge on any atom is -0.465 e. The molecule has 4 aromatic rings. The molecule has 2 amide bonds. The van der Waals surface area contributed by atoms with Crippen LogP contribution >= 0.6 is 11.3 Å². The van der Waals surface area contributed by atoms with E-state index in [1.165, 1.54) is 25.9 Å². The van der Waals surface area contributed by atoms with E-state index in [2.05, 4.69) is 15.4 Å². The number of aromatic nitrogens is 3. The first-order chi connectivity index (χ1) is 18.2. The summed E-state index contributed by atoms with van der Waals surface area (Å²) in [6.45, 7) is 5.27. The Morgan fingerprint density at radius 1 is 1.05 bits per heavy atom. The van der Waals surface area contributed by atoms with Gasteiger partial charge < -0.3 is 15.0 Å². The van der Waals surface area contributed by atoms with E-state index in [0.717, 1.165) is 41.7 Å². The first-order valence-corrected chi connectivity index (χ1v) is 12.3. The number of esters is 1. The van der Waals surface area contributed by atoms with Gasteiger partial charge in [0.2, 0.25) is 0 Å². The Kier molecular flexibility index (Phi) is 7.21. The van der Waals surface area contributed by atoms with Gasteiger partial charge in [0.1, 0.15) is 5.00 Å². The SMILES string of the molecule is COC(=O)c1c(NC(=O)c2cc3nc(-c4ccc(C)c(C)c4)cc(C(F)(F)F)n3n2)sc(C(=O)N(C)C)c1C. The molecule has 0 saturated heterocycles. The fraction of sp³-hybridized carbons (Fsp3) is 0.269. The van der Waals surface area contributed by atoms with E-state index in [4.69, 9.17) is 4.74 Å². The fourth-order valence-electron chi connectivity index (χ4n) is 3.86. The number of hydrogen-bond donors (Lipinski definition) is 1. The number of ether oxygens (including phenoxy) is 1. The number of rotatable bonds is 5. The highest BCUT2D eigenvalue weighted by atomic mass is 32.1. The summed E-state index contributed by atoms with van der Waals surface area (Å²) < 4.78 is 47.4. The number of benzene rings is 1. The number of carbonyl (C=O) groups excluding carboxylic acids is 3. The summed E-state index contributed by atoms with van der Waals surface area (Å²) in [5, 5.41) is 6.37. The highest BCUT2D eigenvalue weighted by Gasteiger charge is 2.36. The number of amides is 2. The molecule has 9 nitrogen and oxygen atoms in total. The summed E-state index contributed by atoms with van der Waals surface area (Å²) in [4.78, 5) is 44.0. The average Bonchev–Trinajstić information content (AvgIpc) is 3.44. The minimum absolute atomic E-state index is 0.00595. The lowest BCUT2D eigenvalue weighted by atomic mass is 10.0. The van der Waals surface area contributed by atoms with Crippen molar-refractivity contribution in [2.45, 2.75) is 26.9 Å². The van der Waals surface area contributed by atoms with Crippen molar-refractivity contribution in [1.29, 1.82) is 0 Å².